The van der Waals surface area contributed by atoms with Crippen LogP contribution in [-0.4, -0.2) is 31.7 Å². The predicted octanol–water partition coefficient (Wildman–Crippen LogP) is 2.14. The third-order valence-electron chi connectivity index (χ3n) is 3.02. The summed E-state index contributed by atoms with van der Waals surface area (Å²) in [6.07, 6.45) is 2.15. The van der Waals surface area contributed by atoms with Crippen LogP contribution in [-0.2, 0) is 16.0 Å². The number of rotatable bonds is 8. The molecule has 112 valence electrons. The number of methoxy groups -OCH3 is 1. The molecule has 0 radical (unpaired) electrons. The number of benzene rings is 1. The van der Waals surface area contributed by atoms with E-state index in [1.807, 2.05) is 31.2 Å². The average Bonchev–Trinajstić information content (AvgIpc) is 2.38. The summed E-state index contributed by atoms with van der Waals surface area (Å²) < 4.78 is 4.94. The first kappa shape index (κ1) is 17.0. The van der Waals surface area contributed by atoms with Crippen LogP contribution in [0.5, 0.6) is 0 Å². The van der Waals surface area contributed by atoms with Crippen LogP contribution in [0.4, 0.5) is 0 Å². The van der Waals surface area contributed by atoms with Crippen molar-refractivity contribution >= 4 is 17.5 Å². The van der Waals surface area contributed by atoms with E-state index in [-0.39, 0.29) is 11.9 Å². The highest BCUT2D eigenvalue weighted by Crippen LogP contribution is 2.12. The minimum atomic E-state index is -0.480. The molecule has 1 aromatic carbocycles. The van der Waals surface area contributed by atoms with E-state index in [4.69, 9.17) is 22.1 Å². The molecule has 0 heterocycles. The number of nitrogens with two attached hydrogens (primary N) is 1. The van der Waals surface area contributed by atoms with Crippen molar-refractivity contribution in [3.05, 3.63) is 34.9 Å². The number of ether oxygens (including phenoxy) is 1. The van der Waals surface area contributed by atoms with Gasteiger partial charge in [-0.25, -0.2) is 0 Å². The number of carbonyl (C=O) groups is 1. The van der Waals surface area contributed by atoms with Crippen molar-refractivity contribution in [2.45, 2.75) is 38.3 Å². The first-order valence-corrected chi connectivity index (χ1v) is 7.20. The summed E-state index contributed by atoms with van der Waals surface area (Å²) in [5, 5.41) is 3.63. The topological polar surface area (TPSA) is 64.3 Å². The van der Waals surface area contributed by atoms with Gasteiger partial charge in [0, 0.05) is 24.8 Å². The highest BCUT2D eigenvalue weighted by Gasteiger charge is 2.15. The first-order chi connectivity index (χ1) is 9.52. The van der Waals surface area contributed by atoms with Crippen molar-refractivity contribution < 1.29 is 9.53 Å². The SMILES string of the molecule is COCCCC(N)C(=O)NC(C)Cc1cccc(Cl)c1. The van der Waals surface area contributed by atoms with Crippen LogP contribution < -0.4 is 11.1 Å². The van der Waals surface area contributed by atoms with E-state index in [1.165, 1.54) is 0 Å². The summed E-state index contributed by atoms with van der Waals surface area (Å²) in [5.74, 6) is -0.115. The number of hydrogen-bond donors (Lipinski definition) is 2. The quantitative estimate of drug-likeness (QED) is 0.723. The van der Waals surface area contributed by atoms with Crippen LogP contribution in [0.1, 0.15) is 25.3 Å². The zero-order chi connectivity index (χ0) is 15.0. The predicted molar refractivity (Wildman–Crippen MR) is 81.8 cm³/mol. The fraction of sp³-hybridized carbons (Fsp3) is 0.533. The van der Waals surface area contributed by atoms with E-state index >= 15 is 0 Å². The van der Waals surface area contributed by atoms with Crippen molar-refractivity contribution in [1.29, 1.82) is 0 Å². The smallest absolute Gasteiger partial charge is 0.237 e. The Bertz CT molecular complexity index is 426. The third kappa shape index (κ3) is 6.37. The van der Waals surface area contributed by atoms with Gasteiger partial charge >= 0.3 is 0 Å². The number of amides is 1. The molecule has 3 N–H and O–H groups in total. The second-order valence-electron chi connectivity index (χ2n) is 4.99. The van der Waals surface area contributed by atoms with Crippen molar-refractivity contribution in [3.63, 3.8) is 0 Å². The lowest BCUT2D eigenvalue weighted by molar-refractivity contribution is -0.123. The zero-order valence-corrected chi connectivity index (χ0v) is 12.8. The molecule has 0 aromatic heterocycles. The molecule has 4 nitrogen and oxygen atoms in total. The Morgan fingerprint density at radius 3 is 2.90 bits per heavy atom. The van der Waals surface area contributed by atoms with Crippen LogP contribution in [0.3, 0.4) is 0 Å². The van der Waals surface area contributed by atoms with Crippen molar-refractivity contribution in [2.24, 2.45) is 5.73 Å². The van der Waals surface area contributed by atoms with E-state index in [0.29, 0.717) is 18.1 Å². The number of halogens is 1. The van der Waals surface area contributed by atoms with Gasteiger partial charge in [-0.05, 0) is 43.9 Å². The van der Waals surface area contributed by atoms with Gasteiger partial charge in [-0.1, -0.05) is 23.7 Å². The van der Waals surface area contributed by atoms with Crippen molar-refractivity contribution in [2.75, 3.05) is 13.7 Å². The maximum Gasteiger partial charge on any atom is 0.237 e. The Hall–Kier alpha value is -1.10. The minimum absolute atomic E-state index is 0.0226. The van der Waals surface area contributed by atoms with Gasteiger partial charge in [0.1, 0.15) is 0 Å². The minimum Gasteiger partial charge on any atom is -0.385 e. The molecular weight excluding hydrogens is 276 g/mol. The highest BCUT2D eigenvalue weighted by atomic mass is 35.5. The number of carbonyl (C=O) groups excluding carboxylic acids is 1. The number of hydrogen-bond acceptors (Lipinski definition) is 3. The molecule has 2 unspecified atom stereocenters. The molecular formula is C15H23ClN2O2. The second kappa shape index (κ2) is 8.95. The normalized spacial score (nSPS) is 13.8. The van der Waals surface area contributed by atoms with Gasteiger partial charge in [-0.2, -0.15) is 0 Å². The Balaban J connectivity index is 2.37. The summed E-state index contributed by atoms with van der Waals surface area (Å²) in [6, 6.07) is 7.18. The molecule has 0 aliphatic rings. The summed E-state index contributed by atoms with van der Waals surface area (Å²) in [4.78, 5) is 11.9. The largest absolute Gasteiger partial charge is 0.385 e. The van der Waals surface area contributed by atoms with Crippen LogP contribution in [0.2, 0.25) is 5.02 Å². The van der Waals surface area contributed by atoms with E-state index < -0.39 is 6.04 Å². The van der Waals surface area contributed by atoms with Crippen molar-refractivity contribution in [3.8, 4) is 0 Å². The summed E-state index contributed by atoms with van der Waals surface area (Å²) in [5.41, 5.74) is 6.93. The average molecular weight is 299 g/mol. The maximum atomic E-state index is 11.9. The third-order valence-corrected chi connectivity index (χ3v) is 3.26. The van der Waals surface area contributed by atoms with Gasteiger partial charge in [0.2, 0.25) is 5.91 Å². The van der Waals surface area contributed by atoms with Crippen molar-refractivity contribution in [1.82, 2.24) is 5.32 Å². The van der Waals surface area contributed by atoms with E-state index in [9.17, 15) is 4.79 Å². The number of nitrogens with one attached hydrogen (secondary N) is 1. The molecule has 0 saturated carbocycles. The Morgan fingerprint density at radius 1 is 1.50 bits per heavy atom. The summed E-state index contributed by atoms with van der Waals surface area (Å²) in [6.45, 7) is 2.58. The molecule has 0 bridgehead atoms. The van der Waals surface area contributed by atoms with E-state index in [0.717, 1.165) is 18.4 Å². The lowest BCUT2D eigenvalue weighted by Gasteiger charge is -2.17. The molecule has 1 amide bonds. The van der Waals surface area contributed by atoms with Gasteiger partial charge in [0.05, 0.1) is 6.04 Å². The van der Waals surface area contributed by atoms with Gasteiger partial charge < -0.3 is 15.8 Å². The molecule has 0 aliphatic carbocycles. The molecule has 0 spiro atoms. The highest BCUT2D eigenvalue weighted by molar-refractivity contribution is 6.30. The molecule has 5 heteroatoms. The molecule has 1 rings (SSSR count). The van der Waals surface area contributed by atoms with Crippen LogP contribution >= 0.6 is 11.6 Å². The van der Waals surface area contributed by atoms with Crippen LogP contribution in [0.15, 0.2) is 24.3 Å². The summed E-state index contributed by atoms with van der Waals surface area (Å²) >= 11 is 5.94. The Morgan fingerprint density at radius 2 is 2.25 bits per heavy atom. The summed E-state index contributed by atoms with van der Waals surface area (Å²) in [7, 11) is 1.64. The Kier molecular flexibility index (Phi) is 7.59. The molecule has 0 aliphatic heterocycles. The fourth-order valence-electron chi connectivity index (χ4n) is 2.00. The lowest BCUT2D eigenvalue weighted by Crippen LogP contribution is -2.45. The molecule has 20 heavy (non-hydrogen) atoms. The van der Waals surface area contributed by atoms with E-state index in [2.05, 4.69) is 5.32 Å². The Labute approximate surface area is 125 Å². The lowest BCUT2D eigenvalue weighted by atomic mass is 10.1. The zero-order valence-electron chi connectivity index (χ0n) is 12.1. The second-order valence-corrected chi connectivity index (χ2v) is 5.42. The fourth-order valence-corrected chi connectivity index (χ4v) is 2.21. The van der Waals surface area contributed by atoms with E-state index in [1.54, 1.807) is 7.11 Å². The standard InChI is InChI=1S/C15H23ClN2O2/c1-11(9-12-5-3-6-13(16)10-12)18-15(19)14(17)7-4-8-20-2/h3,5-6,10-11,14H,4,7-9,17H2,1-2H3,(H,18,19). The molecule has 2 atom stereocenters. The van der Waals surface area contributed by atoms with Gasteiger partial charge in [0.25, 0.3) is 0 Å². The van der Waals surface area contributed by atoms with Crippen LogP contribution in [0.25, 0.3) is 0 Å². The van der Waals surface area contributed by atoms with Gasteiger partial charge in [0.15, 0.2) is 0 Å². The first-order valence-electron chi connectivity index (χ1n) is 6.82. The molecule has 0 fully saturated rings. The monoisotopic (exact) mass is 298 g/mol. The maximum absolute atomic E-state index is 11.9. The van der Waals surface area contributed by atoms with Gasteiger partial charge in [-0.15, -0.1) is 0 Å². The molecule has 0 saturated heterocycles. The van der Waals surface area contributed by atoms with Crippen LogP contribution in [0, 0.1) is 0 Å². The molecule has 1 aromatic rings. The van der Waals surface area contributed by atoms with Gasteiger partial charge in [-0.3, -0.25) is 4.79 Å².